The third-order valence-corrected chi connectivity index (χ3v) is 5.56. The van der Waals surface area contributed by atoms with Crippen molar-refractivity contribution in [2.75, 3.05) is 0 Å². The van der Waals surface area contributed by atoms with Crippen LogP contribution in [0, 0.1) is 0 Å². The smallest absolute Gasteiger partial charge is 0.293 e. The first-order valence-corrected chi connectivity index (χ1v) is 8.38. The van der Waals surface area contributed by atoms with Crippen LogP contribution in [0.3, 0.4) is 0 Å². The SMILES string of the molecule is C1=C2C3=C4C1=C1OC2OC3(c2ccccc2)OC4(c2ccccc2)O1. The van der Waals surface area contributed by atoms with E-state index in [9.17, 15) is 0 Å². The van der Waals surface area contributed by atoms with Crippen molar-refractivity contribution < 1.29 is 18.9 Å². The van der Waals surface area contributed by atoms with Gasteiger partial charge in [-0.1, -0.05) is 60.7 Å². The van der Waals surface area contributed by atoms with Gasteiger partial charge in [0.25, 0.3) is 11.7 Å². The molecule has 0 radical (unpaired) electrons. The highest BCUT2D eigenvalue weighted by Gasteiger charge is 2.73. The summed E-state index contributed by atoms with van der Waals surface area (Å²) in [5.74, 6) is -1.50. The zero-order valence-corrected chi connectivity index (χ0v) is 13.1. The van der Waals surface area contributed by atoms with Crippen LogP contribution < -0.4 is 0 Å². The average Bonchev–Trinajstić information content (AvgIpc) is 3.33. The Labute approximate surface area is 143 Å². The van der Waals surface area contributed by atoms with E-state index in [1.54, 1.807) is 0 Å². The molecule has 0 amide bonds. The summed E-state index contributed by atoms with van der Waals surface area (Å²) in [7, 11) is 0. The molecule has 3 atom stereocenters. The number of ether oxygens (including phenoxy) is 4. The summed E-state index contributed by atoms with van der Waals surface area (Å²) in [6.45, 7) is 0. The summed E-state index contributed by atoms with van der Waals surface area (Å²) in [4.78, 5) is 0. The molecular weight excluding hydrogens is 316 g/mol. The molecule has 1 fully saturated rings. The lowest BCUT2D eigenvalue weighted by atomic mass is 9.91. The van der Waals surface area contributed by atoms with E-state index >= 15 is 0 Å². The molecule has 4 heteroatoms. The fraction of sp³-hybridized carbons (Fsp3) is 0.143. The zero-order valence-electron chi connectivity index (χ0n) is 13.1. The minimum atomic E-state index is -1.01. The van der Waals surface area contributed by atoms with Crippen molar-refractivity contribution in [2.24, 2.45) is 0 Å². The summed E-state index contributed by atoms with van der Waals surface area (Å²) < 4.78 is 25.3. The van der Waals surface area contributed by atoms with Crippen molar-refractivity contribution in [3.8, 4) is 0 Å². The fourth-order valence-corrected chi connectivity index (χ4v) is 4.60. The van der Waals surface area contributed by atoms with Gasteiger partial charge in [-0.2, -0.15) is 0 Å². The second-order valence-corrected chi connectivity index (χ2v) is 6.79. The molecule has 3 unspecified atom stereocenters. The molecule has 4 aliphatic heterocycles. The van der Waals surface area contributed by atoms with Crippen LogP contribution in [0.2, 0.25) is 0 Å². The Balaban J connectivity index is 1.57. The minimum Gasteiger partial charge on any atom is -0.430 e. The highest BCUT2D eigenvalue weighted by atomic mass is 16.9. The molecule has 5 aliphatic rings. The van der Waals surface area contributed by atoms with E-state index < -0.39 is 17.9 Å². The van der Waals surface area contributed by atoms with Crippen LogP contribution in [0.4, 0.5) is 0 Å². The number of allylic oxidation sites excluding steroid dienone is 1. The van der Waals surface area contributed by atoms with Crippen molar-refractivity contribution in [3.05, 3.63) is 106 Å². The lowest BCUT2D eigenvalue weighted by molar-refractivity contribution is -0.365. The first-order chi connectivity index (χ1) is 12.3. The van der Waals surface area contributed by atoms with Gasteiger partial charge in [0.05, 0.1) is 11.1 Å². The Morgan fingerprint density at radius 3 is 2.16 bits per heavy atom. The van der Waals surface area contributed by atoms with Gasteiger partial charge in [0.1, 0.15) is 0 Å². The molecule has 0 aromatic heterocycles. The van der Waals surface area contributed by atoms with Gasteiger partial charge in [0, 0.05) is 22.3 Å². The third kappa shape index (κ3) is 1.18. The van der Waals surface area contributed by atoms with Crippen LogP contribution in [-0.2, 0) is 30.5 Å². The van der Waals surface area contributed by atoms with Crippen molar-refractivity contribution in [2.45, 2.75) is 17.9 Å². The molecule has 1 saturated heterocycles. The largest absolute Gasteiger partial charge is 0.430 e. The van der Waals surface area contributed by atoms with Gasteiger partial charge in [-0.3, -0.25) is 9.47 Å². The number of hydrogen-bond acceptors (Lipinski definition) is 4. The number of benzene rings is 2. The summed E-state index contributed by atoms with van der Waals surface area (Å²) >= 11 is 0. The van der Waals surface area contributed by atoms with Crippen LogP contribution in [-0.4, -0.2) is 6.29 Å². The Morgan fingerprint density at radius 1 is 0.760 bits per heavy atom. The van der Waals surface area contributed by atoms with Gasteiger partial charge in [0.15, 0.2) is 0 Å². The van der Waals surface area contributed by atoms with Crippen molar-refractivity contribution in [1.29, 1.82) is 0 Å². The maximum atomic E-state index is 6.68. The average molecular weight is 328 g/mol. The maximum Gasteiger partial charge on any atom is 0.293 e. The summed E-state index contributed by atoms with van der Waals surface area (Å²) in [5, 5.41) is 0. The van der Waals surface area contributed by atoms with E-state index in [0.29, 0.717) is 5.95 Å². The predicted octanol–water partition coefficient (Wildman–Crippen LogP) is 3.59. The fourth-order valence-electron chi connectivity index (χ4n) is 4.60. The van der Waals surface area contributed by atoms with Gasteiger partial charge in [-0.15, -0.1) is 0 Å². The second kappa shape index (κ2) is 3.72. The van der Waals surface area contributed by atoms with Gasteiger partial charge >= 0.3 is 0 Å². The van der Waals surface area contributed by atoms with Gasteiger partial charge < -0.3 is 9.47 Å². The molecule has 0 spiro atoms. The summed E-state index contributed by atoms with van der Waals surface area (Å²) in [6.07, 6.45) is 1.66. The molecule has 1 aliphatic carbocycles. The van der Waals surface area contributed by atoms with Crippen LogP contribution >= 0.6 is 0 Å². The molecule has 4 nitrogen and oxygen atoms in total. The first-order valence-electron chi connectivity index (χ1n) is 8.38. The summed E-state index contributed by atoms with van der Waals surface area (Å²) in [5.41, 5.74) is 6.02. The second-order valence-electron chi connectivity index (χ2n) is 6.79. The standard InChI is InChI=1S/C21H12O4/c1-3-7-12(8-4-1)20-16-14-11-15-17(16)21(25-20,13-9-5-2-6-10-13)24-19(15)22-18(14)23-20/h1-11,18H. The molecule has 7 rings (SSSR count). The Hall–Kier alpha value is -2.82. The van der Waals surface area contributed by atoms with Gasteiger partial charge in [0.2, 0.25) is 12.1 Å². The highest BCUT2D eigenvalue weighted by Crippen LogP contribution is 2.70. The lowest BCUT2D eigenvalue weighted by Crippen LogP contribution is -2.39. The minimum absolute atomic E-state index is 0.472. The summed E-state index contributed by atoms with van der Waals surface area (Å²) in [6, 6.07) is 20.0. The molecule has 25 heavy (non-hydrogen) atoms. The molecule has 2 bridgehead atoms. The monoisotopic (exact) mass is 328 g/mol. The number of hydrogen-bond donors (Lipinski definition) is 0. The molecule has 0 saturated carbocycles. The maximum absolute atomic E-state index is 6.68. The highest BCUT2D eigenvalue weighted by molar-refractivity contribution is 5.73. The molecular formula is C21H12O4. The van der Waals surface area contributed by atoms with Crippen LogP contribution in [0.1, 0.15) is 11.1 Å². The molecule has 4 heterocycles. The van der Waals surface area contributed by atoms with E-state index in [-0.39, 0.29) is 0 Å². The topological polar surface area (TPSA) is 36.9 Å². The van der Waals surface area contributed by atoms with Crippen LogP contribution in [0.5, 0.6) is 0 Å². The molecule has 2 aromatic rings. The van der Waals surface area contributed by atoms with E-state index in [4.69, 9.17) is 18.9 Å². The van der Waals surface area contributed by atoms with Crippen molar-refractivity contribution in [1.82, 2.24) is 0 Å². The van der Waals surface area contributed by atoms with Crippen LogP contribution in [0.15, 0.2) is 95.0 Å². The lowest BCUT2D eigenvalue weighted by Gasteiger charge is -2.36. The first kappa shape index (κ1) is 12.5. The Kier molecular flexibility index (Phi) is 1.86. The van der Waals surface area contributed by atoms with Gasteiger partial charge in [-0.05, 0) is 6.08 Å². The van der Waals surface area contributed by atoms with Crippen LogP contribution in [0.25, 0.3) is 0 Å². The predicted molar refractivity (Wildman–Crippen MR) is 86.5 cm³/mol. The normalized spacial score (nSPS) is 35.4. The van der Waals surface area contributed by atoms with Crippen molar-refractivity contribution in [3.63, 3.8) is 0 Å². The van der Waals surface area contributed by atoms with E-state index in [0.717, 1.165) is 33.4 Å². The number of rotatable bonds is 2. The van der Waals surface area contributed by atoms with Crippen molar-refractivity contribution >= 4 is 0 Å². The van der Waals surface area contributed by atoms with E-state index in [1.165, 1.54) is 0 Å². The van der Waals surface area contributed by atoms with Gasteiger partial charge in [-0.25, -0.2) is 0 Å². The Bertz CT molecular complexity index is 1050. The molecule has 2 aromatic carbocycles. The molecule has 0 N–H and O–H groups in total. The quantitative estimate of drug-likeness (QED) is 0.844. The molecule has 120 valence electrons. The Morgan fingerprint density at radius 2 is 1.44 bits per heavy atom. The third-order valence-electron chi connectivity index (χ3n) is 5.56. The van der Waals surface area contributed by atoms with E-state index in [2.05, 4.69) is 6.08 Å². The zero-order chi connectivity index (χ0) is 16.2. The van der Waals surface area contributed by atoms with E-state index in [1.807, 2.05) is 60.7 Å².